The first-order valence-corrected chi connectivity index (χ1v) is 6.93. The van der Waals surface area contributed by atoms with Crippen LogP contribution in [0.5, 0.6) is 0 Å². The molecule has 0 aromatic heterocycles. The molecule has 1 saturated carbocycles. The third-order valence-electron chi connectivity index (χ3n) is 3.58. The van der Waals surface area contributed by atoms with Crippen molar-refractivity contribution >= 4 is 28.3 Å². The van der Waals surface area contributed by atoms with Crippen molar-refractivity contribution in [3.05, 3.63) is 48.0 Å². The van der Waals surface area contributed by atoms with E-state index < -0.39 is 17.0 Å². The Balaban J connectivity index is 1.58. The Hall–Kier alpha value is -1.61. The number of hydrogen-bond donors (Lipinski definition) is 0. The summed E-state index contributed by atoms with van der Waals surface area (Å²) in [7, 11) is 0. The van der Waals surface area contributed by atoms with Gasteiger partial charge in [0.05, 0.1) is 6.42 Å². The fraction of sp³-hybridized carbons (Fsp3) is 0.312. The summed E-state index contributed by atoms with van der Waals surface area (Å²) in [6.07, 6.45) is 0.285. The summed E-state index contributed by atoms with van der Waals surface area (Å²) in [4.78, 5) is 11.6. The number of fused-ring (bicyclic) bond motifs is 1. The molecule has 4 heteroatoms. The van der Waals surface area contributed by atoms with Crippen LogP contribution in [0.2, 0.25) is 0 Å². The lowest BCUT2D eigenvalue weighted by Crippen LogP contribution is -2.07. The number of ether oxygens (including phenoxy) is 1. The highest BCUT2D eigenvalue weighted by Gasteiger charge is 2.55. The largest absolute Gasteiger partial charge is 0.461 e. The lowest BCUT2D eigenvalue weighted by atomic mass is 10.1. The molecule has 104 valence electrons. The Kier molecular flexibility index (Phi) is 3.38. The van der Waals surface area contributed by atoms with Crippen LogP contribution in [0.4, 0.5) is 4.39 Å². The van der Waals surface area contributed by atoms with Crippen molar-refractivity contribution in [2.75, 3.05) is 0 Å². The fourth-order valence-corrected chi connectivity index (χ4v) is 2.51. The lowest BCUT2D eigenvalue weighted by Gasteiger charge is -2.06. The van der Waals surface area contributed by atoms with E-state index in [1.807, 2.05) is 42.5 Å². The molecule has 0 heterocycles. The Morgan fingerprint density at radius 1 is 1.30 bits per heavy atom. The molecule has 0 amide bonds. The normalized spacial score (nSPS) is 24.6. The summed E-state index contributed by atoms with van der Waals surface area (Å²) >= 11 is 5.46. The van der Waals surface area contributed by atoms with Crippen LogP contribution < -0.4 is 0 Å². The molecule has 2 aromatic rings. The van der Waals surface area contributed by atoms with E-state index in [2.05, 4.69) is 0 Å². The van der Waals surface area contributed by atoms with Gasteiger partial charge in [-0.15, -0.1) is 0 Å². The maximum atomic E-state index is 13.1. The molecule has 2 unspecified atom stereocenters. The average molecular weight is 293 g/mol. The highest BCUT2D eigenvalue weighted by Crippen LogP contribution is 2.52. The van der Waals surface area contributed by atoms with E-state index in [0.29, 0.717) is 0 Å². The third-order valence-corrected chi connectivity index (χ3v) is 4.05. The number of esters is 1. The molecule has 1 aliphatic rings. The van der Waals surface area contributed by atoms with Crippen LogP contribution in [0.25, 0.3) is 10.8 Å². The zero-order valence-corrected chi connectivity index (χ0v) is 11.6. The summed E-state index contributed by atoms with van der Waals surface area (Å²) in [6.45, 7) is 0.206. The Bertz CT molecular complexity index is 654. The van der Waals surface area contributed by atoms with Gasteiger partial charge in [0.25, 0.3) is 0 Å². The molecule has 1 fully saturated rings. The molecule has 20 heavy (non-hydrogen) atoms. The first-order valence-electron chi connectivity index (χ1n) is 6.56. The highest BCUT2D eigenvalue weighted by atomic mass is 35.5. The SMILES string of the molecule is O=C(CC1CC1(F)Cl)OCc1ccc2ccccc2c1. The predicted octanol–water partition coefficient (Wildman–Crippen LogP) is 4.20. The Morgan fingerprint density at radius 2 is 2.00 bits per heavy atom. The van der Waals surface area contributed by atoms with Gasteiger partial charge in [0.15, 0.2) is 5.13 Å². The third kappa shape index (κ3) is 2.93. The van der Waals surface area contributed by atoms with E-state index in [-0.39, 0.29) is 19.4 Å². The van der Waals surface area contributed by atoms with E-state index in [0.717, 1.165) is 16.3 Å². The minimum absolute atomic E-state index is 0.0492. The molecule has 1 aliphatic carbocycles. The van der Waals surface area contributed by atoms with Gasteiger partial charge in [0.2, 0.25) is 0 Å². The molecule has 0 N–H and O–H groups in total. The van der Waals surface area contributed by atoms with Gasteiger partial charge in [0, 0.05) is 12.3 Å². The van der Waals surface area contributed by atoms with Crippen molar-refractivity contribution in [2.45, 2.75) is 24.6 Å². The van der Waals surface area contributed by atoms with Gasteiger partial charge in [-0.05, 0) is 22.4 Å². The number of benzene rings is 2. The molecule has 0 saturated heterocycles. The molecule has 0 aliphatic heterocycles. The maximum absolute atomic E-state index is 13.1. The Labute approximate surface area is 121 Å². The van der Waals surface area contributed by atoms with Crippen molar-refractivity contribution in [1.29, 1.82) is 0 Å². The van der Waals surface area contributed by atoms with Crippen LogP contribution in [-0.2, 0) is 16.1 Å². The van der Waals surface area contributed by atoms with Crippen molar-refractivity contribution in [3.63, 3.8) is 0 Å². The van der Waals surface area contributed by atoms with Crippen LogP contribution in [0.1, 0.15) is 18.4 Å². The van der Waals surface area contributed by atoms with Crippen LogP contribution in [0, 0.1) is 5.92 Å². The Morgan fingerprint density at radius 3 is 2.70 bits per heavy atom. The van der Waals surface area contributed by atoms with Gasteiger partial charge in [0.1, 0.15) is 6.61 Å². The van der Waals surface area contributed by atoms with Gasteiger partial charge in [-0.1, -0.05) is 48.0 Å². The zero-order chi connectivity index (χ0) is 14.2. The molecular formula is C16H14ClFO2. The van der Waals surface area contributed by atoms with E-state index in [1.54, 1.807) is 0 Å². The summed E-state index contributed by atoms with van der Waals surface area (Å²) in [5.74, 6) is -0.795. The van der Waals surface area contributed by atoms with E-state index in [1.165, 1.54) is 0 Å². The predicted molar refractivity (Wildman–Crippen MR) is 76.2 cm³/mol. The summed E-state index contributed by atoms with van der Waals surface area (Å²) in [5.41, 5.74) is 0.922. The van der Waals surface area contributed by atoms with Crippen molar-refractivity contribution in [3.8, 4) is 0 Å². The van der Waals surface area contributed by atoms with E-state index in [9.17, 15) is 9.18 Å². The maximum Gasteiger partial charge on any atom is 0.306 e. The van der Waals surface area contributed by atoms with E-state index in [4.69, 9.17) is 16.3 Å². The van der Waals surface area contributed by atoms with Crippen molar-refractivity contribution in [2.24, 2.45) is 5.92 Å². The molecule has 2 atom stereocenters. The second kappa shape index (κ2) is 5.06. The van der Waals surface area contributed by atoms with Gasteiger partial charge in [-0.25, -0.2) is 4.39 Å². The lowest BCUT2D eigenvalue weighted by molar-refractivity contribution is -0.145. The smallest absolute Gasteiger partial charge is 0.306 e. The quantitative estimate of drug-likeness (QED) is 0.624. The molecular weight excluding hydrogens is 279 g/mol. The van der Waals surface area contributed by atoms with Crippen LogP contribution >= 0.6 is 11.6 Å². The van der Waals surface area contributed by atoms with Crippen molar-refractivity contribution in [1.82, 2.24) is 0 Å². The van der Waals surface area contributed by atoms with Crippen LogP contribution in [0.15, 0.2) is 42.5 Å². The van der Waals surface area contributed by atoms with Crippen molar-refractivity contribution < 1.29 is 13.9 Å². The number of hydrogen-bond acceptors (Lipinski definition) is 2. The first kappa shape index (κ1) is 13.4. The molecule has 2 nitrogen and oxygen atoms in total. The summed E-state index contributed by atoms with van der Waals surface area (Å²) < 4.78 is 18.3. The highest BCUT2D eigenvalue weighted by molar-refractivity contribution is 6.25. The fourth-order valence-electron chi connectivity index (χ4n) is 2.24. The molecule has 0 bridgehead atoms. The zero-order valence-electron chi connectivity index (χ0n) is 10.8. The number of carbonyl (C=O) groups is 1. The summed E-state index contributed by atoms with van der Waals surface area (Å²) in [6, 6.07) is 13.9. The minimum atomic E-state index is -1.69. The molecule has 0 radical (unpaired) electrons. The standard InChI is InChI=1S/C16H14ClFO2/c17-16(18)9-14(16)8-15(19)20-10-11-5-6-12-3-1-2-4-13(12)7-11/h1-7,14H,8-10H2. The molecule has 2 aromatic carbocycles. The van der Waals surface area contributed by atoms with Gasteiger partial charge in [-0.3, -0.25) is 4.79 Å². The second-order valence-electron chi connectivity index (χ2n) is 5.21. The number of carbonyl (C=O) groups excluding carboxylic acids is 1. The monoisotopic (exact) mass is 292 g/mol. The number of alkyl halides is 2. The van der Waals surface area contributed by atoms with E-state index >= 15 is 0 Å². The molecule has 0 spiro atoms. The molecule has 3 rings (SSSR count). The number of rotatable bonds is 4. The second-order valence-corrected chi connectivity index (χ2v) is 5.84. The van der Waals surface area contributed by atoms with Gasteiger partial charge < -0.3 is 4.74 Å². The first-order chi connectivity index (χ1) is 9.54. The number of halogens is 2. The van der Waals surface area contributed by atoms with Crippen LogP contribution in [0.3, 0.4) is 0 Å². The van der Waals surface area contributed by atoms with Gasteiger partial charge >= 0.3 is 5.97 Å². The van der Waals surface area contributed by atoms with Gasteiger partial charge in [-0.2, -0.15) is 0 Å². The summed E-state index contributed by atoms with van der Waals surface area (Å²) in [5, 5.41) is 0.554. The van der Waals surface area contributed by atoms with Crippen LogP contribution in [-0.4, -0.2) is 11.1 Å². The average Bonchev–Trinajstić information content (AvgIpc) is 3.03. The topological polar surface area (TPSA) is 26.3 Å². The minimum Gasteiger partial charge on any atom is -0.461 e.